The molecule has 1 aromatic heterocycles. The van der Waals surface area contributed by atoms with Gasteiger partial charge in [0.2, 0.25) is 11.1 Å². The zero-order chi connectivity index (χ0) is 23.5. The van der Waals surface area contributed by atoms with E-state index in [1.54, 1.807) is 18.9 Å². The van der Waals surface area contributed by atoms with E-state index in [0.29, 0.717) is 28.1 Å². The second kappa shape index (κ2) is 9.70. The molecule has 1 aliphatic rings. The largest absolute Gasteiger partial charge is 0.495 e. The van der Waals surface area contributed by atoms with E-state index >= 15 is 0 Å². The van der Waals surface area contributed by atoms with Crippen molar-refractivity contribution in [3.8, 4) is 5.75 Å². The maximum Gasteiger partial charge on any atom is 0.255 e. The normalized spacial score (nSPS) is 15.3. The predicted molar refractivity (Wildman–Crippen MR) is 133 cm³/mol. The van der Waals surface area contributed by atoms with E-state index in [4.69, 9.17) is 14.8 Å². The first-order chi connectivity index (χ1) is 15.9. The molecule has 1 atom stereocenters. The number of rotatable bonds is 7. The van der Waals surface area contributed by atoms with Crippen molar-refractivity contribution in [3.05, 3.63) is 70.9 Å². The van der Waals surface area contributed by atoms with Crippen molar-refractivity contribution in [2.24, 2.45) is 5.92 Å². The number of aryl methyl sites for hydroxylation is 1. The molecule has 1 amide bonds. The van der Waals surface area contributed by atoms with Gasteiger partial charge in [-0.25, -0.2) is 4.68 Å². The second-order valence-corrected chi connectivity index (χ2v) is 9.33. The van der Waals surface area contributed by atoms with Gasteiger partial charge in [-0.05, 0) is 43.0 Å². The first-order valence-electron chi connectivity index (χ1n) is 10.9. The summed E-state index contributed by atoms with van der Waals surface area (Å²) in [5.41, 5.74) is 4.56. The van der Waals surface area contributed by atoms with Crippen LogP contribution in [0.4, 0.5) is 11.6 Å². The van der Waals surface area contributed by atoms with Crippen LogP contribution in [0.5, 0.6) is 5.75 Å². The van der Waals surface area contributed by atoms with E-state index in [-0.39, 0.29) is 17.9 Å². The molecular formula is C25H29N5O2S. The van der Waals surface area contributed by atoms with E-state index in [1.807, 2.05) is 48.0 Å². The lowest BCUT2D eigenvalue weighted by Crippen LogP contribution is -2.33. The Morgan fingerprint density at radius 2 is 1.91 bits per heavy atom. The van der Waals surface area contributed by atoms with Crippen LogP contribution in [0.2, 0.25) is 0 Å². The van der Waals surface area contributed by atoms with Crippen LogP contribution in [0.25, 0.3) is 0 Å². The smallest absolute Gasteiger partial charge is 0.255 e. The van der Waals surface area contributed by atoms with Gasteiger partial charge < -0.3 is 15.4 Å². The molecule has 0 aliphatic carbocycles. The summed E-state index contributed by atoms with van der Waals surface area (Å²) in [5.74, 6) is 2.02. The molecule has 0 saturated carbocycles. The molecule has 2 aromatic carbocycles. The van der Waals surface area contributed by atoms with Crippen LogP contribution in [0.3, 0.4) is 0 Å². The highest BCUT2D eigenvalue weighted by molar-refractivity contribution is 7.98. The van der Waals surface area contributed by atoms with Crippen LogP contribution < -0.4 is 15.4 Å². The fraction of sp³-hybridized carbons (Fsp3) is 0.320. The zero-order valence-electron chi connectivity index (χ0n) is 19.5. The standard InChI is InChI=1S/C25H29N5O2S/c1-15(2)22-21(23(31)27-19-12-8-9-13-20(19)32-5)17(4)26-24-28-25(29-30(22)24)33-14-18-11-7-6-10-16(18)3/h6-13,15,22H,14H2,1-5H3,(H,27,31)(H,26,28,29)/t22-/m0/s1. The number of nitrogens with one attached hydrogen (secondary N) is 2. The van der Waals surface area contributed by atoms with Gasteiger partial charge >= 0.3 is 0 Å². The lowest BCUT2D eigenvalue weighted by molar-refractivity contribution is -0.113. The summed E-state index contributed by atoms with van der Waals surface area (Å²) < 4.78 is 7.23. The van der Waals surface area contributed by atoms with Crippen molar-refractivity contribution in [1.82, 2.24) is 14.8 Å². The van der Waals surface area contributed by atoms with Crippen LogP contribution in [-0.2, 0) is 10.5 Å². The van der Waals surface area contributed by atoms with E-state index in [9.17, 15) is 4.79 Å². The molecule has 172 valence electrons. The predicted octanol–water partition coefficient (Wildman–Crippen LogP) is 5.42. The Hall–Kier alpha value is -3.26. The highest BCUT2D eigenvalue weighted by Gasteiger charge is 2.35. The number of hydrogen-bond donors (Lipinski definition) is 2. The highest BCUT2D eigenvalue weighted by Crippen LogP contribution is 2.37. The number of methoxy groups -OCH3 is 1. The van der Waals surface area contributed by atoms with E-state index in [2.05, 4.69) is 43.5 Å². The summed E-state index contributed by atoms with van der Waals surface area (Å²) in [6.45, 7) is 8.19. The molecule has 0 radical (unpaired) electrons. The van der Waals surface area contributed by atoms with Crippen molar-refractivity contribution >= 4 is 29.3 Å². The number of allylic oxidation sites excluding steroid dienone is 1. The van der Waals surface area contributed by atoms with Crippen LogP contribution in [-0.4, -0.2) is 27.8 Å². The van der Waals surface area contributed by atoms with Crippen molar-refractivity contribution < 1.29 is 9.53 Å². The highest BCUT2D eigenvalue weighted by atomic mass is 32.2. The van der Waals surface area contributed by atoms with Gasteiger partial charge in [-0.3, -0.25) is 4.79 Å². The Morgan fingerprint density at radius 3 is 2.64 bits per heavy atom. The van der Waals surface area contributed by atoms with Gasteiger partial charge in [0.05, 0.1) is 24.4 Å². The molecular weight excluding hydrogens is 434 g/mol. The molecule has 4 rings (SSSR count). The summed E-state index contributed by atoms with van der Waals surface area (Å²) in [5, 5.41) is 11.8. The molecule has 0 fully saturated rings. The van der Waals surface area contributed by atoms with Crippen molar-refractivity contribution in [1.29, 1.82) is 0 Å². The maximum atomic E-state index is 13.4. The number of benzene rings is 2. The van der Waals surface area contributed by atoms with Gasteiger partial charge in [-0.15, -0.1) is 5.10 Å². The van der Waals surface area contributed by atoms with Gasteiger partial charge in [0.1, 0.15) is 5.75 Å². The van der Waals surface area contributed by atoms with Crippen LogP contribution in [0.1, 0.15) is 37.9 Å². The third kappa shape index (κ3) is 4.75. The SMILES string of the molecule is COc1ccccc1NC(=O)C1=C(C)Nc2nc(SCc3ccccc3C)nn2[C@H]1C(C)C. The van der Waals surface area contributed by atoms with E-state index in [0.717, 1.165) is 11.4 Å². The number of carbonyl (C=O) groups excluding carboxylic acids is 1. The average molecular weight is 464 g/mol. The molecule has 8 heteroatoms. The lowest BCUT2D eigenvalue weighted by Gasteiger charge is -2.30. The Morgan fingerprint density at radius 1 is 1.18 bits per heavy atom. The minimum Gasteiger partial charge on any atom is -0.495 e. The number of ether oxygens (including phenoxy) is 1. The van der Waals surface area contributed by atoms with Crippen LogP contribution >= 0.6 is 11.8 Å². The fourth-order valence-corrected chi connectivity index (χ4v) is 4.90. The third-order valence-corrected chi connectivity index (χ3v) is 6.61. The second-order valence-electron chi connectivity index (χ2n) is 8.38. The molecule has 2 N–H and O–H groups in total. The summed E-state index contributed by atoms with van der Waals surface area (Å²) >= 11 is 1.59. The number of nitrogens with zero attached hydrogens (tertiary/aromatic N) is 3. The molecule has 0 bridgehead atoms. The number of anilines is 2. The monoisotopic (exact) mass is 463 g/mol. The van der Waals surface area contributed by atoms with Gasteiger partial charge in [-0.2, -0.15) is 4.98 Å². The number of para-hydroxylation sites is 2. The Bertz CT molecular complexity index is 1200. The van der Waals surface area contributed by atoms with E-state index in [1.165, 1.54) is 11.1 Å². The number of thioether (sulfide) groups is 1. The number of amides is 1. The summed E-state index contributed by atoms with van der Waals surface area (Å²) in [6, 6.07) is 15.5. The lowest BCUT2D eigenvalue weighted by atomic mass is 9.92. The van der Waals surface area contributed by atoms with Gasteiger partial charge in [-0.1, -0.05) is 62.0 Å². The molecule has 3 aromatic rings. The quantitative estimate of drug-likeness (QED) is 0.455. The molecule has 7 nitrogen and oxygen atoms in total. The topological polar surface area (TPSA) is 81.1 Å². The van der Waals surface area contributed by atoms with E-state index < -0.39 is 0 Å². The van der Waals surface area contributed by atoms with Crippen molar-refractivity contribution in [2.75, 3.05) is 17.7 Å². The number of hydrogen-bond acceptors (Lipinski definition) is 6. The van der Waals surface area contributed by atoms with Gasteiger partial charge in [0.15, 0.2) is 0 Å². The molecule has 1 aliphatic heterocycles. The summed E-state index contributed by atoms with van der Waals surface area (Å²) in [7, 11) is 1.59. The fourth-order valence-electron chi connectivity index (χ4n) is 4.00. The van der Waals surface area contributed by atoms with Gasteiger partial charge in [0.25, 0.3) is 5.91 Å². The molecule has 0 unspecified atom stereocenters. The molecule has 0 saturated heterocycles. The third-order valence-electron chi connectivity index (χ3n) is 5.72. The Labute approximate surface area is 198 Å². The Balaban J connectivity index is 1.59. The number of carbonyl (C=O) groups is 1. The minimum absolute atomic E-state index is 0.134. The summed E-state index contributed by atoms with van der Waals surface area (Å²) in [4.78, 5) is 18.1. The van der Waals surface area contributed by atoms with Crippen molar-refractivity contribution in [3.63, 3.8) is 0 Å². The zero-order valence-corrected chi connectivity index (χ0v) is 20.4. The average Bonchev–Trinajstić information content (AvgIpc) is 3.19. The van der Waals surface area contributed by atoms with Crippen LogP contribution in [0, 0.1) is 12.8 Å². The Kier molecular flexibility index (Phi) is 6.74. The van der Waals surface area contributed by atoms with Crippen molar-refractivity contribution in [2.45, 2.75) is 44.6 Å². The number of aromatic nitrogens is 3. The minimum atomic E-state index is -0.240. The summed E-state index contributed by atoms with van der Waals surface area (Å²) in [6.07, 6.45) is 0. The molecule has 0 spiro atoms. The molecule has 2 heterocycles. The van der Waals surface area contributed by atoms with Gasteiger partial charge in [0, 0.05) is 11.4 Å². The van der Waals surface area contributed by atoms with Crippen LogP contribution in [0.15, 0.2) is 65.0 Å². The first kappa shape index (κ1) is 22.9. The maximum absolute atomic E-state index is 13.4. The first-order valence-corrected chi connectivity index (χ1v) is 11.9. The number of fused-ring (bicyclic) bond motifs is 1. The molecule has 33 heavy (non-hydrogen) atoms.